The fourth-order valence-corrected chi connectivity index (χ4v) is 2.42. The van der Waals surface area contributed by atoms with Crippen LogP contribution in [0, 0.1) is 0 Å². The van der Waals surface area contributed by atoms with Crippen molar-refractivity contribution in [2.45, 2.75) is 13.3 Å². The molecule has 0 fully saturated rings. The van der Waals surface area contributed by atoms with Crippen LogP contribution in [0.5, 0.6) is 11.5 Å². The Hall–Kier alpha value is -3.35. The molecular weight excluding hydrogens is 330 g/mol. The monoisotopic (exact) mass is 351 g/mol. The molecular formula is C19H21N5O2. The highest BCUT2D eigenvalue weighted by molar-refractivity contribution is 5.65. The number of hydrogen-bond acceptors (Lipinski definition) is 7. The Labute approximate surface area is 152 Å². The van der Waals surface area contributed by atoms with Gasteiger partial charge in [0.2, 0.25) is 5.95 Å². The molecule has 0 radical (unpaired) electrons. The highest BCUT2D eigenvalue weighted by Crippen LogP contribution is 2.30. The van der Waals surface area contributed by atoms with Crippen LogP contribution in [0.1, 0.15) is 12.5 Å². The topological polar surface area (TPSA) is 81.2 Å². The van der Waals surface area contributed by atoms with Crippen molar-refractivity contribution < 1.29 is 9.47 Å². The molecule has 0 aliphatic carbocycles. The summed E-state index contributed by atoms with van der Waals surface area (Å²) in [5, 5.41) is 14.4. The van der Waals surface area contributed by atoms with E-state index in [0.29, 0.717) is 29.0 Å². The molecule has 0 spiro atoms. The summed E-state index contributed by atoms with van der Waals surface area (Å²) in [5.41, 5.74) is 2.91. The lowest BCUT2D eigenvalue weighted by molar-refractivity contribution is 0.405. The minimum absolute atomic E-state index is 0.353. The summed E-state index contributed by atoms with van der Waals surface area (Å²) in [4.78, 5) is 4.44. The van der Waals surface area contributed by atoms with Gasteiger partial charge in [0, 0.05) is 11.8 Å². The summed E-state index contributed by atoms with van der Waals surface area (Å²) in [6, 6.07) is 13.6. The number of anilines is 4. The van der Waals surface area contributed by atoms with Gasteiger partial charge in [-0.1, -0.05) is 19.1 Å². The SMILES string of the molecule is CCc1ccc(Nc2cnnc(Nc3cc(OC)ccc3OC)n2)cc1. The van der Waals surface area contributed by atoms with Crippen LogP contribution in [0.3, 0.4) is 0 Å². The molecule has 1 aromatic heterocycles. The maximum absolute atomic E-state index is 5.36. The molecule has 0 bridgehead atoms. The largest absolute Gasteiger partial charge is 0.497 e. The average Bonchev–Trinajstić information content (AvgIpc) is 2.69. The van der Waals surface area contributed by atoms with E-state index in [1.165, 1.54) is 5.56 Å². The van der Waals surface area contributed by atoms with Crippen molar-refractivity contribution in [1.82, 2.24) is 15.2 Å². The molecule has 0 unspecified atom stereocenters. The molecule has 7 nitrogen and oxygen atoms in total. The molecule has 0 saturated heterocycles. The highest BCUT2D eigenvalue weighted by Gasteiger charge is 2.08. The van der Waals surface area contributed by atoms with Gasteiger partial charge in [-0.25, -0.2) is 0 Å². The Balaban J connectivity index is 1.79. The van der Waals surface area contributed by atoms with E-state index in [1.807, 2.05) is 30.3 Å². The third-order valence-corrected chi connectivity index (χ3v) is 3.85. The number of nitrogens with one attached hydrogen (secondary N) is 2. The van der Waals surface area contributed by atoms with Crippen molar-refractivity contribution in [3.63, 3.8) is 0 Å². The van der Waals surface area contributed by atoms with E-state index in [-0.39, 0.29) is 0 Å². The van der Waals surface area contributed by atoms with Gasteiger partial charge in [-0.3, -0.25) is 0 Å². The Morgan fingerprint density at radius 1 is 0.962 bits per heavy atom. The van der Waals surface area contributed by atoms with Gasteiger partial charge in [-0.05, 0) is 36.2 Å². The van der Waals surface area contributed by atoms with Crippen molar-refractivity contribution in [3.8, 4) is 11.5 Å². The molecule has 2 aromatic carbocycles. The molecule has 134 valence electrons. The first-order valence-corrected chi connectivity index (χ1v) is 8.26. The van der Waals surface area contributed by atoms with Gasteiger partial charge < -0.3 is 20.1 Å². The van der Waals surface area contributed by atoms with Crippen molar-refractivity contribution in [2.24, 2.45) is 0 Å². The van der Waals surface area contributed by atoms with Gasteiger partial charge in [-0.15, -0.1) is 5.10 Å². The lowest BCUT2D eigenvalue weighted by Gasteiger charge is -2.12. The normalized spacial score (nSPS) is 10.3. The van der Waals surface area contributed by atoms with E-state index in [1.54, 1.807) is 20.4 Å². The first kappa shape index (κ1) is 17.5. The fourth-order valence-electron chi connectivity index (χ4n) is 2.42. The third-order valence-electron chi connectivity index (χ3n) is 3.85. The highest BCUT2D eigenvalue weighted by atomic mass is 16.5. The number of ether oxygens (including phenoxy) is 2. The van der Waals surface area contributed by atoms with E-state index >= 15 is 0 Å². The number of nitrogens with zero attached hydrogens (tertiary/aromatic N) is 3. The van der Waals surface area contributed by atoms with Crippen LogP contribution in [0.4, 0.5) is 23.1 Å². The minimum atomic E-state index is 0.353. The summed E-state index contributed by atoms with van der Waals surface area (Å²) in [6.07, 6.45) is 2.58. The third kappa shape index (κ3) is 4.18. The van der Waals surface area contributed by atoms with Gasteiger partial charge in [-0.2, -0.15) is 10.1 Å². The molecule has 2 N–H and O–H groups in total. The predicted molar refractivity (Wildman–Crippen MR) is 102 cm³/mol. The van der Waals surface area contributed by atoms with Crippen LogP contribution in [-0.4, -0.2) is 29.4 Å². The van der Waals surface area contributed by atoms with Crippen molar-refractivity contribution >= 4 is 23.1 Å². The summed E-state index contributed by atoms with van der Waals surface area (Å²) in [6.45, 7) is 2.13. The Kier molecular flexibility index (Phi) is 5.48. The minimum Gasteiger partial charge on any atom is -0.497 e. The van der Waals surface area contributed by atoms with Gasteiger partial charge >= 0.3 is 0 Å². The van der Waals surface area contributed by atoms with E-state index in [2.05, 4.69) is 44.9 Å². The van der Waals surface area contributed by atoms with Crippen LogP contribution in [0.2, 0.25) is 0 Å². The van der Waals surface area contributed by atoms with Gasteiger partial charge in [0.15, 0.2) is 5.82 Å². The van der Waals surface area contributed by atoms with Gasteiger partial charge in [0.05, 0.1) is 26.1 Å². The van der Waals surface area contributed by atoms with E-state index < -0.39 is 0 Å². The molecule has 0 amide bonds. The molecule has 3 rings (SSSR count). The van der Waals surface area contributed by atoms with E-state index in [0.717, 1.165) is 12.1 Å². The molecule has 0 atom stereocenters. The number of methoxy groups -OCH3 is 2. The van der Waals surface area contributed by atoms with Crippen LogP contribution >= 0.6 is 0 Å². The molecule has 26 heavy (non-hydrogen) atoms. The molecule has 0 saturated carbocycles. The smallest absolute Gasteiger partial charge is 0.249 e. The first-order chi connectivity index (χ1) is 12.7. The quantitative estimate of drug-likeness (QED) is 0.667. The summed E-state index contributed by atoms with van der Waals surface area (Å²) in [7, 11) is 3.21. The Morgan fingerprint density at radius 2 is 1.77 bits per heavy atom. The van der Waals surface area contributed by atoms with Crippen LogP contribution in [-0.2, 0) is 6.42 Å². The number of hydrogen-bond donors (Lipinski definition) is 2. The van der Waals surface area contributed by atoms with Crippen molar-refractivity contribution in [3.05, 3.63) is 54.2 Å². The summed E-state index contributed by atoms with van der Waals surface area (Å²) < 4.78 is 10.6. The first-order valence-electron chi connectivity index (χ1n) is 8.26. The number of rotatable bonds is 7. The maximum Gasteiger partial charge on any atom is 0.249 e. The molecule has 0 aliphatic rings. The van der Waals surface area contributed by atoms with E-state index in [9.17, 15) is 0 Å². The van der Waals surface area contributed by atoms with Crippen molar-refractivity contribution in [2.75, 3.05) is 24.9 Å². The molecule has 7 heteroatoms. The second kappa shape index (κ2) is 8.15. The standard InChI is InChI=1S/C19H21N5O2/c1-4-13-5-7-14(8-6-13)21-18-12-20-24-19(23-18)22-16-11-15(25-2)9-10-17(16)26-3/h5-12H,4H2,1-3H3,(H2,21,22,23,24). The second-order valence-electron chi connectivity index (χ2n) is 5.53. The van der Waals surface area contributed by atoms with Crippen LogP contribution in [0.25, 0.3) is 0 Å². The summed E-state index contributed by atoms with van der Waals surface area (Å²) in [5.74, 6) is 2.30. The maximum atomic E-state index is 5.36. The Bertz CT molecular complexity index is 868. The van der Waals surface area contributed by atoms with Gasteiger partial charge in [0.1, 0.15) is 11.5 Å². The lowest BCUT2D eigenvalue weighted by Crippen LogP contribution is -2.03. The van der Waals surface area contributed by atoms with E-state index in [4.69, 9.17) is 9.47 Å². The fraction of sp³-hybridized carbons (Fsp3) is 0.211. The van der Waals surface area contributed by atoms with Crippen LogP contribution < -0.4 is 20.1 Å². The van der Waals surface area contributed by atoms with Gasteiger partial charge in [0.25, 0.3) is 0 Å². The molecule has 0 aliphatic heterocycles. The zero-order chi connectivity index (χ0) is 18.4. The number of aromatic nitrogens is 3. The molecule has 3 aromatic rings. The summed E-state index contributed by atoms with van der Waals surface area (Å²) >= 11 is 0. The lowest BCUT2D eigenvalue weighted by atomic mass is 10.1. The Morgan fingerprint density at radius 3 is 2.46 bits per heavy atom. The molecule has 1 heterocycles. The van der Waals surface area contributed by atoms with Crippen LogP contribution in [0.15, 0.2) is 48.7 Å². The second-order valence-corrected chi connectivity index (χ2v) is 5.53. The van der Waals surface area contributed by atoms with Crippen molar-refractivity contribution in [1.29, 1.82) is 0 Å². The zero-order valence-electron chi connectivity index (χ0n) is 15.0. The number of benzene rings is 2. The average molecular weight is 351 g/mol. The zero-order valence-corrected chi connectivity index (χ0v) is 15.0. The number of aryl methyl sites for hydroxylation is 1. The predicted octanol–water partition coefficient (Wildman–Crippen LogP) is 3.94.